The van der Waals surface area contributed by atoms with Gasteiger partial charge in [0.05, 0.1) is 14.2 Å². The molecule has 0 unspecified atom stereocenters. The highest BCUT2D eigenvalue weighted by Crippen LogP contribution is 2.06. The Kier molecular flexibility index (Phi) is 34.2. The summed E-state index contributed by atoms with van der Waals surface area (Å²) in [6.07, 6.45) is 12.7. The van der Waals surface area contributed by atoms with E-state index in [4.69, 9.17) is 10.2 Å². The summed E-state index contributed by atoms with van der Waals surface area (Å²) >= 11 is 0. The van der Waals surface area contributed by atoms with Crippen LogP contribution in [0.25, 0.3) is 0 Å². The van der Waals surface area contributed by atoms with Crippen LogP contribution in [0.1, 0.15) is 107 Å². The van der Waals surface area contributed by atoms with E-state index in [0.717, 1.165) is 38.5 Å². The van der Waals surface area contributed by atoms with E-state index >= 15 is 0 Å². The van der Waals surface area contributed by atoms with E-state index in [1.165, 1.54) is 26.4 Å². The molecule has 0 aromatic heterocycles. The van der Waals surface area contributed by atoms with Gasteiger partial charge in [-0.1, -0.05) is 80.4 Å². The molecule has 0 aliphatic rings. The summed E-state index contributed by atoms with van der Waals surface area (Å²) in [4.78, 5) is 40.9. The van der Waals surface area contributed by atoms with Crippen LogP contribution in [0.3, 0.4) is 0 Å². The van der Waals surface area contributed by atoms with E-state index in [0.29, 0.717) is 36.5 Å². The molecule has 2 N–H and O–H groups in total. The molecule has 0 amide bonds. The molecular weight excluding hydrogens is 488 g/mol. The van der Waals surface area contributed by atoms with Crippen molar-refractivity contribution in [3.8, 4) is 0 Å². The van der Waals surface area contributed by atoms with Crippen molar-refractivity contribution >= 4 is 23.9 Å². The lowest BCUT2D eigenvalue weighted by atomic mass is 10.1. The van der Waals surface area contributed by atoms with Crippen molar-refractivity contribution in [2.75, 3.05) is 14.2 Å². The SMILES string of the molecule is CC(C)CC=CC(=O)O.CC(C)CCCC(=O)O.COC(=O)C=CCC(C)C.COC(=O)CCCC(C)C. The Morgan fingerprint density at radius 3 is 1.37 bits per heavy atom. The Morgan fingerprint density at radius 1 is 0.632 bits per heavy atom. The van der Waals surface area contributed by atoms with Gasteiger partial charge in [-0.05, 0) is 49.4 Å². The number of carboxylic acid groups (broad SMARTS) is 2. The number of hydrogen-bond donors (Lipinski definition) is 2. The molecule has 0 aromatic carbocycles. The Hall–Kier alpha value is -2.64. The number of methoxy groups -OCH3 is 2. The highest BCUT2D eigenvalue weighted by molar-refractivity contribution is 5.81. The third-order valence-corrected chi connectivity index (χ3v) is 4.49. The van der Waals surface area contributed by atoms with Gasteiger partial charge < -0.3 is 19.7 Å². The van der Waals surface area contributed by atoms with Crippen LogP contribution in [0.15, 0.2) is 24.3 Å². The maximum absolute atomic E-state index is 10.6. The molecule has 0 saturated carbocycles. The van der Waals surface area contributed by atoms with Gasteiger partial charge in [-0.3, -0.25) is 9.59 Å². The standard InChI is InChI=1S/C8H16O2.C8H14O2.C7H14O2.C7H12O2/c2*1-7(2)5-4-6-8(9)10-3;2*1-6(2)4-3-5-7(8)9/h7H,4-6H2,1-3H3;4,6-7H,5H2,1-3H3;6H,3-5H2,1-2H3,(H,8,9);3,5-6H,4H2,1-2H3,(H,8,9). The van der Waals surface area contributed by atoms with Gasteiger partial charge >= 0.3 is 23.9 Å². The molecule has 8 heteroatoms. The molecule has 0 aliphatic carbocycles. The maximum Gasteiger partial charge on any atom is 0.330 e. The number of carboxylic acids is 2. The van der Waals surface area contributed by atoms with E-state index in [1.54, 1.807) is 6.08 Å². The molecule has 0 rings (SSSR count). The second-order valence-corrected chi connectivity index (χ2v) is 10.5. The van der Waals surface area contributed by atoms with Gasteiger partial charge in [0.25, 0.3) is 0 Å². The third-order valence-electron chi connectivity index (χ3n) is 4.49. The zero-order chi connectivity index (χ0) is 30.5. The van der Waals surface area contributed by atoms with Gasteiger partial charge in [-0.15, -0.1) is 0 Å². The van der Waals surface area contributed by atoms with Crippen LogP contribution in [-0.4, -0.2) is 48.3 Å². The largest absolute Gasteiger partial charge is 0.481 e. The lowest BCUT2D eigenvalue weighted by Gasteiger charge is -2.01. The minimum atomic E-state index is -0.865. The zero-order valence-electron chi connectivity index (χ0n) is 25.6. The summed E-state index contributed by atoms with van der Waals surface area (Å²) in [6, 6.07) is 0. The fraction of sp³-hybridized carbons (Fsp3) is 0.733. The first-order chi connectivity index (χ1) is 17.6. The van der Waals surface area contributed by atoms with E-state index in [9.17, 15) is 19.2 Å². The Balaban J connectivity index is -0.000000203. The van der Waals surface area contributed by atoms with Crippen LogP contribution in [-0.2, 0) is 28.7 Å². The lowest BCUT2D eigenvalue weighted by Crippen LogP contribution is -2.00. The fourth-order valence-electron chi connectivity index (χ4n) is 2.36. The number of carbonyl (C=O) groups excluding carboxylic acids is 2. The van der Waals surface area contributed by atoms with Crippen molar-refractivity contribution in [1.29, 1.82) is 0 Å². The minimum Gasteiger partial charge on any atom is -0.481 e. The minimum absolute atomic E-state index is 0.0966. The number of rotatable bonds is 14. The van der Waals surface area contributed by atoms with Gasteiger partial charge in [-0.25, -0.2) is 9.59 Å². The average Bonchev–Trinajstić information content (AvgIpc) is 2.78. The predicted molar refractivity (Wildman–Crippen MR) is 154 cm³/mol. The quantitative estimate of drug-likeness (QED) is 0.172. The smallest absolute Gasteiger partial charge is 0.330 e. The Morgan fingerprint density at radius 2 is 1.05 bits per heavy atom. The normalized spacial score (nSPS) is 10.5. The summed E-state index contributed by atoms with van der Waals surface area (Å²) < 4.78 is 8.90. The maximum atomic E-state index is 10.6. The molecule has 0 atom stereocenters. The summed E-state index contributed by atoms with van der Waals surface area (Å²) in [7, 11) is 2.81. The molecule has 0 aromatic rings. The van der Waals surface area contributed by atoms with Crippen molar-refractivity contribution in [3.05, 3.63) is 24.3 Å². The first kappa shape index (κ1) is 42.4. The van der Waals surface area contributed by atoms with E-state index in [1.807, 2.05) is 19.9 Å². The fourth-order valence-corrected chi connectivity index (χ4v) is 2.36. The third kappa shape index (κ3) is 54.3. The van der Waals surface area contributed by atoms with Crippen LogP contribution in [0, 0.1) is 23.7 Å². The lowest BCUT2D eigenvalue weighted by molar-refractivity contribution is -0.141. The summed E-state index contributed by atoms with van der Waals surface area (Å²) in [5.41, 5.74) is 0. The number of allylic oxidation sites excluding steroid dienone is 2. The number of ether oxygens (including phenoxy) is 2. The van der Waals surface area contributed by atoms with Crippen LogP contribution < -0.4 is 0 Å². The van der Waals surface area contributed by atoms with Crippen LogP contribution in [0.5, 0.6) is 0 Å². The van der Waals surface area contributed by atoms with Crippen LogP contribution in [0.4, 0.5) is 0 Å². The van der Waals surface area contributed by atoms with Crippen molar-refractivity contribution in [1.82, 2.24) is 0 Å². The van der Waals surface area contributed by atoms with Gasteiger partial charge in [0, 0.05) is 25.0 Å². The first-order valence-electron chi connectivity index (χ1n) is 13.5. The van der Waals surface area contributed by atoms with E-state index in [-0.39, 0.29) is 11.9 Å². The molecule has 38 heavy (non-hydrogen) atoms. The molecular formula is C30H56O8. The highest BCUT2D eigenvalue weighted by Gasteiger charge is 2.00. The summed E-state index contributed by atoms with van der Waals surface area (Å²) in [5, 5.41) is 16.4. The Labute approximate surface area is 231 Å². The molecule has 0 fully saturated rings. The molecule has 0 spiro atoms. The van der Waals surface area contributed by atoms with Crippen LogP contribution >= 0.6 is 0 Å². The predicted octanol–water partition coefficient (Wildman–Crippen LogP) is 7.32. The van der Waals surface area contributed by atoms with Crippen molar-refractivity contribution < 1.29 is 38.9 Å². The second kappa shape index (κ2) is 30.6. The van der Waals surface area contributed by atoms with E-state index in [2.05, 4.69) is 51.0 Å². The number of aliphatic carboxylic acids is 2. The van der Waals surface area contributed by atoms with Crippen LogP contribution in [0.2, 0.25) is 0 Å². The average molecular weight is 545 g/mol. The number of esters is 2. The van der Waals surface area contributed by atoms with E-state index < -0.39 is 11.9 Å². The first-order valence-corrected chi connectivity index (χ1v) is 13.5. The monoisotopic (exact) mass is 544 g/mol. The van der Waals surface area contributed by atoms with Gasteiger partial charge in [0.15, 0.2) is 0 Å². The Bertz CT molecular complexity index is 647. The van der Waals surface area contributed by atoms with Crippen molar-refractivity contribution in [2.24, 2.45) is 23.7 Å². The van der Waals surface area contributed by atoms with Crippen molar-refractivity contribution in [2.45, 2.75) is 107 Å². The summed E-state index contributed by atoms with van der Waals surface area (Å²) in [6.45, 7) is 16.8. The van der Waals surface area contributed by atoms with Gasteiger partial charge in [0.2, 0.25) is 0 Å². The molecule has 0 saturated heterocycles. The highest BCUT2D eigenvalue weighted by atomic mass is 16.5. The molecule has 0 radical (unpaired) electrons. The molecule has 0 heterocycles. The number of hydrogen-bond acceptors (Lipinski definition) is 6. The topological polar surface area (TPSA) is 127 Å². The summed E-state index contributed by atoms with van der Waals surface area (Å²) in [5.74, 6) is 0.531. The zero-order valence-corrected chi connectivity index (χ0v) is 25.6. The van der Waals surface area contributed by atoms with Crippen molar-refractivity contribution in [3.63, 3.8) is 0 Å². The molecule has 0 bridgehead atoms. The molecule has 8 nitrogen and oxygen atoms in total. The molecule has 0 aliphatic heterocycles. The van der Waals surface area contributed by atoms with Gasteiger partial charge in [-0.2, -0.15) is 0 Å². The second-order valence-electron chi connectivity index (χ2n) is 10.5. The molecule has 224 valence electrons. The van der Waals surface area contributed by atoms with Gasteiger partial charge in [0.1, 0.15) is 0 Å². The number of carbonyl (C=O) groups is 4.